The van der Waals surface area contributed by atoms with Gasteiger partial charge in [0.05, 0.1) is 6.04 Å². The van der Waals surface area contributed by atoms with E-state index in [0.29, 0.717) is 11.6 Å². The molecule has 1 aliphatic rings. The monoisotopic (exact) mass is 244 g/mol. The maximum atomic E-state index is 11.7. The zero-order valence-electron chi connectivity index (χ0n) is 9.61. The molecule has 90 valence electrons. The Kier molecular flexibility index (Phi) is 2.57. The van der Waals surface area contributed by atoms with E-state index in [4.69, 9.17) is 0 Å². The Labute approximate surface area is 94.9 Å². The third kappa shape index (κ3) is 1.64. The molecule has 7 heteroatoms. The van der Waals surface area contributed by atoms with Crippen LogP contribution < -0.4 is 10.6 Å². The Morgan fingerprint density at radius 3 is 2.81 bits per heavy atom. The highest BCUT2D eigenvalue weighted by atomic mass is 32.2. The second-order valence-corrected chi connectivity index (χ2v) is 6.01. The number of rotatable bonds is 2. The molecule has 1 aromatic heterocycles. The van der Waals surface area contributed by atoms with Crippen LogP contribution in [-0.4, -0.2) is 38.0 Å². The van der Waals surface area contributed by atoms with E-state index in [-0.39, 0.29) is 10.9 Å². The fourth-order valence-corrected chi connectivity index (χ4v) is 2.95. The predicted molar refractivity (Wildman–Crippen MR) is 62.7 cm³/mol. The van der Waals surface area contributed by atoms with Gasteiger partial charge in [-0.2, -0.15) is 5.10 Å². The fourth-order valence-electron chi connectivity index (χ4n) is 1.94. The number of anilines is 2. The molecule has 1 unspecified atom stereocenters. The highest BCUT2D eigenvalue weighted by molar-refractivity contribution is 7.91. The number of hydrogen-bond acceptors (Lipinski definition) is 5. The van der Waals surface area contributed by atoms with Crippen LogP contribution in [0.2, 0.25) is 0 Å². The van der Waals surface area contributed by atoms with Crippen LogP contribution in [0.25, 0.3) is 0 Å². The van der Waals surface area contributed by atoms with Gasteiger partial charge in [-0.25, -0.2) is 13.1 Å². The lowest BCUT2D eigenvalue weighted by atomic mass is 10.2. The first-order valence-electron chi connectivity index (χ1n) is 5.19. The Morgan fingerprint density at radius 1 is 1.56 bits per heavy atom. The van der Waals surface area contributed by atoms with Crippen molar-refractivity contribution < 1.29 is 8.42 Å². The van der Waals surface area contributed by atoms with E-state index >= 15 is 0 Å². The minimum atomic E-state index is -3.28. The normalized spacial score (nSPS) is 20.1. The van der Waals surface area contributed by atoms with E-state index in [1.54, 1.807) is 11.7 Å². The summed E-state index contributed by atoms with van der Waals surface area (Å²) in [5.74, 6) is 1.02. The Balaban J connectivity index is 2.68. The third-order valence-corrected chi connectivity index (χ3v) is 3.87. The van der Waals surface area contributed by atoms with E-state index in [2.05, 4.69) is 15.7 Å². The van der Waals surface area contributed by atoms with E-state index in [9.17, 15) is 8.42 Å². The number of hydrogen-bond donors (Lipinski definition) is 2. The minimum Gasteiger partial charge on any atom is -0.371 e. The lowest BCUT2D eigenvalue weighted by Gasteiger charge is -2.22. The molecule has 0 aromatic carbocycles. The first-order valence-corrected chi connectivity index (χ1v) is 7.08. The van der Waals surface area contributed by atoms with Crippen molar-refractivity contribution in [3.8, 4) is 0 Å². The molecule has 0 saturated heterocycles. The number of fused-ring (bicyclic) bond motifs is 1. The summed E-state index contributed by atoms with van der Waals surface area (Å²) in [4.78, 5) is 0.265. The van der Waals surface area contributed by atoms with E-state index in [1.165, 1.54) is 6.26 Å². The summed E-state index contributed by atoms with van der Waals surface area (Å²) in [6, 6.07) is 0.221. The SMILES string of the molecule is CNc1nn2c(c1S(C)(=O)=O)NCCC2C. The summed E-state index contributed by atoms with van der Waals surface area (Å²) < 4.78 is 25.2. The van der Waals surface area contributed by atoms with Gasteiger partial charge in [0, 0.05) is 19.8 Å². The lowest BCUT2D eigenvalue weighted by molar-refractivity contribution is 0.453. The van der Waals surface area contributed by atoms with Gasteiger partial charge in [0.1, 0.15) is 5.82 Å². The van der Waals surface area contributed by atoms with Crippen molar-refractivity contribution in [2.24, 2.45) is 0 Å². The van der Waals surface area contributed by atoms with E-state index < -0.39 is 9.84 Å². The quantitative estimate of drug-likeness (QED) is 0.801. The first kappa shape index (κ1) is 11.3. The van der Waals surface area contributed by atoms with Gasteiger partial charge in [-0.1, -0.05) is 0 Å². The highest BCUT2D eigenvalue weighted by Gasteiger charge is 2.29. The zero-order chi connectivity index (χ0) is 11.9. The van der Waals surface area contributed by atoms with Crippen molar-refractivity contribution in [3.05, 3.63) is 0 Å². The molecule has 0 aliphatic carbocycles. The minimum absolute atomic E-state index is 0.221. The molecule has 6 nitrogen and oxygen atoms in total. The zero-order valence-corrected chi connectivity index (χ0v) is 10.4. The van der Waals surface area contributed by atoms with Crippen molar-refractivity contribution in [3.63, 3.8) is 0 Å². The van der Waals surface area contributed by atoms with Gasteiger partial charge in [0.15, 0.2) is 20.6 Å². The summed E-state index contributed by atoms with van der Waals surface area (Å²) in [5, 5.41) is 10.2. The van der Waals surface area contributed by atoms with Gasteiger partial charge < -0.3 is 10.6 Å². The average molecular weight is 244 g/mol. The molecule has 16 heavy (non-hydrogen) atoms. The topological polar surface area (TPSA) is 76.0 Å². The van der Waals surface area contributed by atoms with Crippen LogP contribution in [0.1, 0.15) is 19.4 Å². The smallest absolute Gasteiger partial charge is 0.182 e. The predicted octanol–water partition coefficient (Wildman–Crippen LogP) is 0.705. The van der Waals surface area contributed by atoms with E-state index in [0.717, 1.165) is 13.0 Å². The maximum absolute atomic E-state index is 11.7. The second kappa shape index (κ2) is 3.65. The first-order chi connectivity index (χ1) is 7.45. The van der Waals surface area contributed by atoms with Gasteiger partial charge in [-0.3, -0.25) is 0 Å². The molecule has 1 aliphatic heterocycles. The summed E-state index contributed by atoms with van der Waals surface area (Å²) in [5.41, 5.74) is 0. The van der Waals surface area contributed by atoms with Crippen molar-refractivity contribution in [1.82, 2.24) is 9.78 Å². The fraction of sp³-hybridized carbons (Fsp3) is 0.667. The molecule has 0 bridgehead atoms. The van der Waals surface area contributed by atoms with Crippen molar-refractivity contribution in [2.45, 2.75) is 24.3 Å². The molecule has 0 fully saturated rings. The molecule has 2 rings (SSSR count). The van der Waals surface area contributed by atoms with Gasteiger partial charge in [0.25, 0.3) is 0 Å². The highest BCUT2D eigenvalue weighted by Crippen LogP contribution is 2.34. The maximum Gasteiger partial charge on any atom is 0.182 e. The lowest BCUT2D eigenvalue weighted by Crippen LogP contribution is -2.22. The Bertz CT molecular complexity index is 506. The van der Waals surface area contributed by atoms with Crippen molar-refractivity contribution in [2.75, 3.05) is 30.5 Å². The average Bonchev–Trinajstić information content (AvgIpc) is 2.57. The molecule has 2 heterocycles. The van der Waals surface area contributed by atoms with Crippen LogP contribution in [0.4, 0.5) is 11.6 Å². The molecular formula is C9H16N4O2S. The van der Waals surface area contributed by atoms with Gasteiger partial charge in [-0.05, 0) is 13.3 Å². The van der Waals surface area contributed by atoms with Crippen LogP contribution in [-0.2, 0) is 9.84 Å². The molecule has 2 N–H and O–H groups in total. The summed E-state index contributed by atoms with van der Waals surface area (Å²) in [6.45, 7) is 2.81. The van der Waals surface area contributed by atoms with Gasteiger partial charge in [0.2, 0.25) is 0 Å². The molecular weight excluding hydrogens is 228 g/mol. The Morgan fingerprint density at radius 2 is 2.25 bits per heavy atom. The van der Waals surface area contributed by atoms with Crippen LogP contribution >= 0.6 is 0 Å². The summed E-state index contributed by atoms with van der Waals surface area (Å²) in [7, 11) is -1.60. The summed E-state index contributed by atoms with van der Waals surface area (Å²) in [6.07, 6.45) is 2.15. The summed E-state index contributed by atoms with van der Waals surface area (Å²) >= 11 is 0. The largest absolute Gasteiger partial charge is 0.371 e. The van der Waals surface area contributed by atoms with Crippen molar-refractivity contribution >= 4 is 21.5 Å². The Hall–Kier alpha value is -1.24. The molecule has 0 spiro atoms. The van der Waals surface area contributed by atoms with Crippen LogP contribution in [0.5, 0.6) is 0 Å². The molecule has 0 amide bonds. The second-order valence-electron chi connectivity index (χ2n) is 4.06. The third-order valence-electron chi connectivity index (χ3n) is 2.75. The molecule has 1 atom stereocenters. The van der Waals surface area contributed by atoms with E-state index in [1.807, 2.05) is 6.92 Å². The number of nitrogens with one attached hydrogen (secondary N) is 2. The molecule has 1 aromatic rings. The van der Waals surface area contributed by atoms with Crippen LogP contribution in [0.3, 0.4) is 0 Å². The number of nitrogens with zero attached hydrogens (tertiary/aromatic N) is 2. The van der Waals surface area contributed by atoms with Crippen LogP contribution in [0.15, 0.2) is 4.90 Å². The standard InChI is InChI=1S/C9H16N4O2S/c1-6-4-5-11-9-7(16(3,14)15)8(10-2)12-13(6)9/h6,11H,4-5H2,1-3H3,(H,10,12). The number of aromatic nitrogens is 2. The van der Waals surface area contributed by atoms with Crippen molar-refractivity contribution in [1.29, 1.82) is 0 Å². The number of sulfone groups is 1. The van der Waals surface area contributed by atoms with Crippen LogP contribution in [0, 0.1) is 0 Å². The molecule has 0 radical (unpaired) electrons. The van der Waals surface area contributed by atoms with Gasteiger partial charge >= 0.3 is 0 Å². The molecule has 0 saturated carbocycles. The van der Waals surface area contributed by atoms with Gasteiger partial charge in [-0.15, -0.1) is 0 Å².